The highest BCUT2D eigenvalue weighted by Crippen LogP contribution is 2.18. The molecule has 0 radical (unpaired) electrons. The second-order valence-corrected chi connectivity index (χ2v) is 4.74. The van der Waals surface area contributed by atoms with Gasteiger partial charge in [-0.2, -0.15) is 0 Å². The molecule has 19 heavy (non-hydrogen) atoms. The standard InChI is InChI=1S/C13H13Cl2N3O/c14-10-3-1-2-9(6-10)7-19-8-12-11(15)4-5-13(17-12)18-16/h1-6H,7-8,16H2,(H,17,18). The van der Waals surface area contributed by atoms with E-state index < -0.39 is 0 Å². The summed E-state index contributed by atoms with van der Waals surface area (Å²) in [5, 5.41) is 1.23. The fourth-order valence-electron chi connectivity index (χ4n) is 1.56. The number of halogens is 2. The van der Waals surface area contributed by atoms with Crippen molar-refractivity contribution in [2.45, 2.75) is 13.2 Å². The monoisotopic (exact) mass is 297 g/mol. The minimum Gasteiger partial charge on any atom is -0.370 e. The van der Waals surface area contributed by atoms with Gasteiger partial charge < -0.3 is 10.2 Å². The van der Waals surface area contributed by atoms with Gasteiger partial charge in [-0.05, 0) is 29.8 Å². The van der Waals surface area contributed by atoms with Crippen LogP contribution in [-0.4, -0.2) is 4.98 Å². The first-order valence-corrected chi connectivity index (χ1v) is 6.39. The van der Waals surface area contributed by atoms with E-state index in [4.69, 9.17) is 33.8 Å². The number of benzene rings is 1. The van der Waals surface area contributed by atoms with E-state index in [0.29, 0.717) is 34.8 Å². The highest BCUT2D eigenvalue weighted by molar-refractivity contribution is 6.31. The van der Waals surface area contributed by atoms with Gasteiger partial charge in [-0.1, -0.05) is 35.3 Å². The predicted molar refractivity (Wildman–Crippen MR) is 77.0 cm³/mol. The molecule has 0 aliphatic carbocycles. The van der Waals surface area contributed by atoms with Crippen molar-refractivity contribution < 1.29 is 4.74 Å². The van der Waals surface area contributed by atoms with Crippen LogP contribution in [0.2, 0.25) is 10.0 Å². The molecule has 0 aliphatic heterocycles. The fourth-order valence-corrected chi connectivity index (χ4v) is 1.93. The van der Waals surface area contributed by atoms with E-state index in [-0.39, 0.29) is 0 Å². The molecule has 3 N–H and O–H groups in total. The van der Waals surface area contributed by atoms with E-state index in [2.05, 4.69) is 10.4 Å². The maximum atomic E-state index is 6.03. The molecule has 2 aromatic rings. The molecule has 0 bridgehead atoms. The van der Waals surface area contributed by atoms with Crippen molar-refractivity contribution in [3.05, 3.63) is 57.7 Å². The summed E-state index contributed by atoms with van der Waals surface area (Å²) < 4.78 is 5.57. The van der Waals surface area contributed by atoms with Gasteiger partial charge in [0.15, 0.2) is 0 Å². The van der Waals surface area contributed by atoms with Crippen LogP contribution in [0, 0.1) is 0 Å². The Morgan fingerprint density at radius 2 is 2.00 bits per heavy atom. The molecule has 1 heterocycles. The molecule has 0 unspecified atom stereocenters. The second kappa shape index (κ2) is 6.73. The number of rotatable bonds is 5. The maximum Gasteiger partial charge on any atom is 0.140 e. The Morgan fingerprint density at radius 1 is 1.16 bits per heavy atom. The van der Waals surface area contributed by atoms with E-state index in [1.807, 2.05) is 24.3 Å². The van der Waals surface area contributed by atoms with Crippen molar-refractivity contribution in [2.24, 2.45) is 5.84 Å². The van der Waals surface area contributed by atoms with Crippen LogP contribution in [0.4, 0.5) is 5.82 Å². The molecule has 0 aliphatic rings. The molecule has 0 spiro atoms. The molecular formula is C13H13Cl2N3O. The van der Waals surface area contributed by atoms with Crippen molar-refractivity contribution >= 4 is 29.0 Å². The summed E-state index contributed by atoms with van der Waals surface area (Å²) in [6.07, 6.45) is 0. The summed E-state index contributed by atoms with van der Waals surface area (Å²) in [5.41, 5.74) is 4.10. The molecule has 0 atom stereocenters. The number of aromatic nitrogens is 1. The Hall–Kier alpha value is -1.33. The Bertz CT molecular complexity index is 563. The summed E-state index contributed by atoms with van der Waals surface area (Å²) in [4.78, 5) is 4.22. The van der Waals surface area contributed by atoms with Gasteiger partial charge in [-0.15, -0.1) is 0 Å². The maximum absolute atomic E-state index is 6.03. The summed E-state index contributed by atoms with van der Waals surface area (Å²) >= 11 is 11.9. The first kappa shape index (κ1) is 14.1. The number of hydrogen-bond acceptors (Lipinski definition) is 4. The summed E-state index contributed by atoms with van der Waals surface area (Å²) in [6.45, 7) is 0.750. The van der Waals surface area contributed by atoms with Crippen molar-refractivity contribution in [1.82, 2.24) is 4.98 Å². The van der Waals surface area contributed by atoms with Crippen molar-refractivity contribution in [1.29, 1.82) is 0 Å². The third-order valence-electron chi connectivity index (χ3n) is 2.46. The zero-order chi connectivity index (χ0) is 13.7. The number of hydrazine groups is 1. The number of pyridine rings is 1. The number of hydrogen-bond donors (Lipinski definition) is 2. The molecule has 0 fully saturated rings. The van der Waals surface area contributed by atoms with Crippen molar-refractivity contribution in [2.75, 3.05) is 5.43 Å². The number of nitrogen functional groups attached to an aromatic ring is 1. The molecule has 0 saturated heterocycles. The van der Waals surface area contributed by atoms with E-state index in [1.165, 1.54) is 0 Å². The molecule has 4 nitrogen and oxygen atoms in total. The molecule has 0 saturated carbocycles. The number of nitrogens with one attached hydrogen (secondary N) is 1. The van der Waals surface area contributed by atoms with Crippen LogP contribution in [0.25, 0.3) is 0 Å². The summed E-state index contributed by atoms with van der Waals surface area (Å²) in [6, 6.07) is 10.9. The van der Waals surface area contributed by atoms with Gasteiger partial charge in [-0.25, -0.2) is 10.8 Å². The largest absolute Gasteiger partial charge is 0.370 e. The molecule has 6 heteroatoms. The highest BCUT2D eigenvalue weighted by Gasteiger charge is 2.04. The lowest BCUT2D eigenvalue weighted by Crippen LogP contribution is -2.09. The van der Waals surface area contributed by atoms with Crippen LogP contribution in [0.1, 0.15) is 11.3 Å². The van der Waals surface area contributed by atoms with Crippen LogP contribution in [0.3, 0.4) is 0 Å². The third kappa shape index (κ3) is 4.08. The van der Waals surface area contributed by atoms with Gasteiger partial charge in [0, 0.05) is 5.02 Å². The minimum atomic E-state index is 0.306. The van der Waals surface area contributed by atoms with Gasteiger partial charge in [0.2, 0.25) is 0 Å². The molecule has 100 valence electrons. The molecular weight excluding hydrogens is 285 g/mol. The summed E-state index contributed by atoms with van der Waals surface area (Å²) in [7, 11) is 0. The average Bonchev–Trinajstić information content (AvgIpc) is 2.41. The van der Waals surface area contributed by atoms with Crippen LogP contribution < -0.4 is 11.3 Å². The van der Waals surface area contributed by atoms with Crippen LogP contribution >= 0.6 is 23.2 Å². The number of anilines is 1. The lowest BCUT2D eigenvalue weighted by Gasteiger charge is -2.08. The number of ether oxygens (including phenoxy) is 1. The highest BCUT2D eigenvalue weighted by atomic mass is 35.5. The van der Waals surface area contributed by atoms with Crippen LogP contribution in [-0.2, 0) is 18.0 Å². The van der Waals surface area contributed by atoms with Gasteiger partial charge in [0.25, 0.3) is 0 Å². The average molecular weight is 298 g/mol. The van der Waals surface area contributed by atoms with Crippen molar-refractivity contribution in [3.8, 4) is 0 Å². The molecule has 1 aromatic carbocycles. The summed E-state index contributed by atoms with van der Waals surface area (Å²) in [5.74, 6) is 5.84. The third-order valence-corrected chi connectivity index (χ3v) is 3.04. The lowest BCUT2D eigenvalue weighted by molar-refractivity contribution is 0.105. The number of nitrogens with zero attached hydrogens (tertiary/aromatic N) is 1. The Kier molecular flexibility index (Phi) is 4.99. The second-order valence-electron chi connectivity index (χ2n) is 3.89. The SMILES string of the molecule is NNc1ccc(Cl)c(COCc2cccc(Cl)c2)n1. The minimum absolute atomic E-state index is 0.306. The van der Waals surface area contributed by atoms with E-state index in [9.17, 15) is 0 Å². The Labute approximate surface area is 121 Å². The smallest absolute Gasteiger partial charge is 0.140 e. The van der Waals surface area contributed by atoms with Crippen LogP contribution in [0.15, 0.2) is 36.4 Å². The topological polar surface area (TPSA) is 60.2 Å². The zero-order valence-electron chi connectivity index (χ0n) is 10.1. The Morgan fingerprint density at radius 3 is 2.74 bits per heavy atom. The lowest BCUT2D eigenvalue weighted by atomic mass is 10.2. The van der Waals surface area contributed by atoms with Gasteiger partial charge >= 0.3 is 0 Å². The zero-order valence-corrected chi connectivity index (χ0v) is 11.6. The van der Waals surface area contributed by atoms with E-state index >= 15 is 0 Å². The fraction of sp³-hybridized carbons (Fsp3) is 0.154. The van der Waals surface area contributed by atoms with E-state index in [0.717, 1.165) is 5.56 Å². The predicted octanol–water partition coefficient (Wildman–Crippen LogP) is 3.39. The van der Waals surface area contributed by atoms with Gasteiger partial charge in [-0.3, -0.25) is 0 Å². The number of nitrogens with two attached hydrogens (primary N) is 1. The van der Waals surface area contributed by atoms with Crippen LogP contribution in [0.5, 0.6) is 0 Å². The normalized spacial score (nSPS) is 10.5. The van der Waals surface area contributed by atoms with Gasteiger partial charge in [0.1, 0.15) is 5.82 Å². The Balaban J connectivity index is 1.95. The van der Waals surface area contributed by atoms with E-state index in [1.54, 1.807) is 12.1 Å². The van der Waals surface area contributed by atoms with Crippen molar-refractivity contribution in [3.63, 3.8) is 0 Å². The first-order chi connectivity index (χ1) is 9.19. The molecule has 2 rings (SSSR count). The molecule has 1 aromatic heterocycles. The quantitative estimate of drug-likeness (QED) is 0.656. The first-order valence-electron chi connectivity index (χ1n) is 5.63. The van der Waals surface area contributed by atoms with Gasteiger partial charge in [0.05, 0.1) is 23.9 Å². The molecule has 0 amide bonds.